The van der Waals surface area contributed by atoms with E-state index in [1.807, 2.05) is 41.8 Å². The minimum absolute atomic E-state index is 0.392. The minimum atomic E-state index is -0.392. The fourth-order valence-corrected chi connectivity index (χ4v) is 3.21. The molecule has 118 valence electrons. The first-order valence-corrected chi connectivity index (χ1v) is 8.46. The van der Waals surface area contributed by atoms with Crippen LogP contribution < -0.4 is 10.9 Å². The fraction of sp³-hybridized carbons (Fsp3) is 0. The second-order valence-corrected chi connectivity index (χ2v) is 6.45. The Balaban J connectivity index is 1.68. The van der Waals surface area contributed by atoms with Gasteiger partial charge in [-0.05, 0) is 36.4 Å². The van der Waals surface area contributed by atoms with Crippen molar-refractivity contribution in [2.45, 2.75) is 0 Å². The van der Waals surface area contributed by atoms with E-state index < -0.39 is 5.63 Å². The summed E-state index contributed by atoms with van der Waals surface area (Å²) in [5.41, 5.74) is 2.11. The van der Waals surface area contributed by atoms with Crippen molar-refractivity contribution >= 4 is 44.7 Å². The van der Waals surface area contributed by atoms with Crippen LogP contribution in [-0.2, 0) is 0 Å². The molecule has 0 radical (unpaired) electrons. The molecule has 4 aromatic rings. The van der Waals surface area contributed by atoms with E-state index in [1.54, 1.807) is 18.2 Å². The van der Waals surface area contributed by atoms with Gasteiger partial charge in [-0.15, -0.1) is 11.3 Å². The molecule has 0 saturated heterocycles. The molecule has 2 heterocycles. The van der Waals surface area contributed by atoms with E-state index in [-0.39, 0.29) is 0 Å². The van der Waals surface area contributed by atoms with Crippen molar-refractivity contribution in [1.29, 1.82) is 0 Å². The lowest BCUT2D eigenvalue weighted by Crippen LogP contribution is -2.02. The van der Waals surface area contributed by atoms with E-state index >= 15 is 0 Å². The number of anilines is 2. The van der Waals surface area contributed by atoms with Crippen LogP contribution in [0.2, 0.25) is 5.02 Å². The second kappa shape index (κ2) is 6.11. The van der Waals surface area contributed by atoms with Crippen molar-refractivity contribution in [1.82, 2.24) is 4.98 Å². The number of rotatable bonds is 3. The maximum atomic E-state index is 12.2. The lowest BCUT2D eigenvalue weighted by atomic mass is 10.1. The summed E-state index contributed by atoms with van der Waals surface area (Å²) >= 11 is 7.30. The number of para-hydroxylation sites is 1. The van der Waals surface area contributed by atoms with E-state index in [4.69, 9.17) is 16.0 Å². The third-order valence-corrected chi connectivity index (χ3v) is 4.53. The largest absolute Gasteiger partial charge is 0.422 e. The highest BCUT2D eigenvalue weighted by Crippen LogP contribution is 2.27. The Hall–Kier alpha value is -2.63. The van der Waals surface area contributed by atoms with Gasteiger partial charge in [0.25, 0.3) is 0 Å². The number of fused-ring (bicyclic) bond motifs is 1. The molecular formula is C18H11ClN2O2S. The fourth-order valence-electron chi connectivity index (χ4n) is 2.35. The van der Waals surface area contributed by atoms with Crippen LogP contribution in [0.5, 0.6) is 0 Å². The molecule has 0 spiro atoms. The van der Waals surface area contributed by atoms with Gasteiger partial charge in [0.1, 0.15) is 5.58 Å². The van der Waals surface area contributed by atoms with E-state index in [9.17, 15) is 4.79 Å². The van der Waals surface area contributed by atoms with E-state index in [0.29, 0.717) is 27.0 Å². The summed E-state index contributed by atoms with van der Waals surface area (Å²) in [7, 11) is 0. The van der Waals surface area contributed by atoms with Gasteiger partial charge in [-0.1, -0.05) is 29.8 Å². The van der Waals surface area contributed by atoms with E-state index in [0.717, 1.165) is 11.1 Å². The molecule has 4 rings (SSSR count). The molecule has 0 saturated carbocycles. The summed E-state index contributed by atoms with van der Waals surface area (Å²) in [4.78, 5) is 16.7. The van der Waals surface area contributed by atoms with Crippen molar-refractivity contribution < 1.29 is 4.42 Å². The van der Waals surface area contributed by atoms with Gasteiger partial charge in [0, 0.05) is 21.5 Å². The minimum Gasteiger partial charge on any atom is -0.422 e. The molecular weight excluding hydrogens is 344 g/mol. The lowest BCUT2D eigenvalue weighted by Gasteiger charge is -2.02. The molecule has 0 fully saturated rings. The van der Waals surface area contributed by atoms with Gasteiger partial charge in [-0.3, -0.25) is 0 Å². The van der Waals surface area contributed by atoms with Gasteiger partial charge in [0.05, 0.1) is 11.3 Å². The number of nitrogens with one attached hydrogen (secondary N) is 1. The van der Waals surface area contributed by atoms with Gasteiger partial charge in [0.15, 0.2) is 5.13 Å². The molecule has 2 aromatic carbocycles. The molecule has 0 aliphatic carbocycles. The zero-order valence-corrected chi connectivity index (χ0v) is 13.9. The van der Waals surface area contributed by atoms with Crippen LogP contribution in [0.1, 0.15) is 0 Å². The topological polar surface area (TPSA) is 55.1 Å². The predicted octanol–water partition coefficient (Wildman–Crippen LogP) is 5.31. The normalized spacial score (nSPS) is 10.9. The zero-order chi connectivity index (χ0) is 16.5. The Kier molecular flexibility index (Phi) is 3.80. The molecule has 0 aliphatic rings. The molecule has 0 unspecified atom stereocenters. The van der Waals surface area contributed by atoms with Gasteiger partial charge < -0.3 is 9.73 Å². The lowest BCUT2D eigenvalue weighted by molar-refractivity contribution is 0.563. The highest BCUT2D eigenvalue weighted by Gasteiger charge is 2.11. The summed E-state index contributed by atoms with van der Waals surface area (Å²) in [5.74, 6) is 0. The van der Waals surface area contributed by atoms with Gasteiger partial charge >= 0.3 is 5.63 Å². The van der Waals surface area contributed by atoms with Crippen molar-refractivity contribution in [3.05, 3.63) is 75.4 Å². The molecule has 2 aromatic heterocycles. The molecule has 0 aliphatic heterocycles. The Morgan fingerprint density at radius 3 is 2.71 bits per heavy atom. The zero-order valence-electron chi connectivity index (χ0n) is 12.3. The van der Waals surface area contributed by atoms with Crippen molar-refractivity contribution in [3.63, 3.8) is 0 Å². The molecule has 0 atom stereocenters. The molecule has 6 heteroatoms. The Bertz CT molecular complexity index is 1070. The van der Waals surface area contributed by atoms with Gasteiger partial charge in [0.2, 0.25) is 0 Å². The maximum absolute atomic E-state index is 12.2. The summed E-state index contributed by atoms with van der Waals surface area (Å²) < 4.78 is 5.36. The van der Waals surface area contributed by atoms with Gasteiger partial charge in [-0.2, -0.15) is 0 Å². The average molecular weight is 355 g/mol. The number of aromatic nitrogens is 1. The van der Waals surface area contributed by atoms with Crippen LogP contribution in [0, 0.1) is 0 Å². The molecule has 4 nitrogen and oxygen atoms in total. The number of benzene rings is 2. The van der Waals surface area contributed by atoms with E-state index in [2.05, 4.69) is 10.3 Å². The van der Waals surface area contributed by atoms with Crippen molar-refractivity contribution in [2.75, 3.05) is 5.32 Å². The number of hydrogen-bond donors (Lipinski definition) is 1. The van der Waals surface area contributed by atoms with Crippen LogP contribution in [-0.4, -0.2) is 4.98 Å². The first kappa shape index (κ1) is 14.9. The van der Waals surface area contributed by atoms with Crippen LogP contribution in [0.15, 0.2) is 69.2 Å². The third-order valence-electron chi connectivity index (χ3n) is 3.52. The Morgan fingerprint density at radius 2 is 1.88 bits per heavy atom. The number of thiazole rings is 1. The summed E-state index contributed by atoms with van der Waals surface area (Å²) in [6, 6.07) is 16.6. The quantitative estimate of drug-likeness (QED) is 0.506. The molecule has 0 amide bonds. The van der Waals surface area contributed by atoms with Crippen LogP contribution >= 0.6 is 22.9 Å². The van der Waals surface area contributed by atoms with Crippen molar-refractivity contribution in [3.8, 4) is 11.3 Å². The molecule has 0 bridgehead atoms. The summed E-state index contributed by atoms with van der Waals surface area (Å²) in [6.45, 7) is 0. The highest BCUT2D eigenvalue weighted by atomic mass is 35.5. The Morgan fingerprint density at radius 1 is 1.08 bits per heavy atom. The summed E-state index contributed by atoms with van der Waals surface area (Å²) in [6.07, 6.45) is 0. The standard InChI is InChI=1S/C18H11ClN2O2S/c19-12-5-7-13(8-6-12)20-18-21-15(10-24-18)14-9-11-3-1-2-4-16(11)23-17(14)22/h1-10H,(H,20,21). The Labute approximate surface area is 146 Å². The van der Waals surface area contributed by atoms with Crippen molar-refractivity contribution in [2.24, 2.45) is 0 Å². The van der Waals surface area contributed by atoms with Gasteiger partial charge in [-0.25, -0.2) is 9.78 Å². The molecule has 1 N–H and O–H groups in total. The highest BCUT2D eigenvalue weighted by molar-refractivity contribution is 7.14. The number of halogens is 1. The van der Waals surface area contributed by atoms with Crippen LogP contribution in [0.4, 0.5) is 10.8 Å². The SMILES string of the molecule is O=c1oc2ccccc2cc1-c1csc(Nc2ccc(Cl)cc2)n1. The monoisotopic (exact) mass is 354 g/mol. The average Bonchev–Trinajstić information content (AvgIpc) is 3.04. The second-order valence-electron chi connectivity index (χ2n) is 5.16. The molecule has 24 heavy (non-hydrogen) atoms. The van der Waals surface area contributed by atoms with Crippen LogP contribution in [0.25, 0.3) is 22.2 Å². The smallest absolute Gasteiger partial charge is 0.345 e. The first-order chi connectivity index (χ1) is 11.7. The van der Waals surface area contributed by atoms with E-state index in [1.165, 1.54) is 11.3 Å². The predicted molar refractivity (Wildman–Crippen MR) is 98.3 cm³/mol. The maximum Gasteiger partial charge on any atom is 0.345 e. The van der Waals surface area contributed by atoms with Crippen LogP contribution in [0.3, 0.4) is 0 Å². The number of nitrogens with zero attached hydrogens (tertiary/aromatic N) is 1. The first-order valence-electron chi connectivity index (χ1n) is 7.20. The third kappa shape index (κ3) is 2.91. The summed E-state index contributed by atoms with van der Waals surface area (Å²) in [5, 5.41) is 7.26. The number of hydrogen-bond acceptors (Lipinski definition) is 5.